The first-order chi connectivity index (χ1) is 39.9. The fourth-order valence-corrected chi connectivity index (χ4v) is 12.0. The van der Waals surface area contributed by atoms with Crippen molar-refractivity contribution in [3.8, 4) is 39.6 Å². The average Bonchev–Trinajstić information content (AvgIpc) is 1.68. The van der Waals surface area contributed by atoms with E-state index in [0.717, 1.165) is 76.9 Å². The number of aromatic nitrogens is 3. The standard InChI is InChI=1S/C77H71N4O.Pt/c1-74(2,3)47-49-36-37-78-71(38-49)81-68-32-18-17-28-64(68)65-35-34-58(46-70(65)81)82-57-23-19-22-56(45-57)79-48-80-72-59(52-39-50(40-53(43-52)75(4,5)6)51-41-54(76(7,8)9)44-55(42-51)77(10,11)12)29-20-30-66(72)62-26-15-13-24-60(62)61-25-14-16-27-63(61)67-31-21-33-69(79)73(67)80;/h13-44,48H,47H2,1-12H3;/q-3;/i47D2;. The van der Waals surface area contributed by atoms with E-state index in [0.29, 0.717) is 22.9 Å². The first kappa shape index (κ1) is 52.9. The van der Waals surface area contributed by atoms with E-state index in [1.165, 1.54) is 38.6 Å². The van der Waals surface area contributed by atoms with E-state index in [-0.39, 0.29) is 37.3 Å². The Morgan fingerprint density at radius 3 is 1.65 bits per heavy atom. The summed E-state index contributed by atoms with van der Waals surface area (Å²) in [7, 11) is 0. The predicted molar refractivity (Wildman–Crippen MR) is 347 cm³/mol. The van der Waals surface area contributed by atoms with Crippen molar-refractivity contribution in [2.45, 2.75) is 106 Å². The Balaban J connectivity index is 0.00000709. The summed E-state index contributed by atoms with van der Waals surface area (Å²) < 4.78 is 29.6. The molecule has 12 aromatic rings. The largest absolute Gasteiger partial charge is 0.509 e. The molecule has 5 nitrogen and oxygen atoms in total. The number of hydrogen-bond donors (Lipinski definition) is 0. The van der Waals surface area contributed by atoms with E-state index in [9.17, 15) is 0 Å². The van der Waals surface area contributed by atoms with Gasteiger partial charge in [-0.3, -0.25) is 0 Å². The molecular weight excluding hydrogens is 1190 g/mol. The first-order valence-electron chi connectivity index (χ1n) is 29.8. The number of para-hydroxylation sites is 3. The van der Waals surface area contributed by atoms with Crippen molar-refractivity contribution in [1.29, 1.82) is 0 Å². The minimum Gasteiger partial charge on any atom is -0.509 e. The van der Waals surface area contributed by atoms with E-state index in [4.69, 9.17) is 12.5 Å². The Kier molecular flexibility index (Phi) is 13.2. The van der Waals surface area contributed by atoms with Gasteiger partial charge in [-0.15, -0.1) is 35.7 Å². The van der Waals surface area contributed by atoms with Crippen molar-refractivity contribution in [1.82, 2.24) is 14.1 Å². The van der Waals surface area contributed by atoms with Crippen LogP contribution in [0.5, 0.6) is 11.5 Å². The van der Waals surface area contributed by atoms with E-state index in [1.54, 1.807) is 12.3 Å². The SMILES string of the molecule is [2H]C([2H])(c1ccnc(-n2c3[c-]c(Oc4[c-]c(N5[CH-]n6c7c(-c8cc(-c9cc(C(C)(C)C)cc(C(C)(C)C)c9)cc(C(C)(C)C)c8)cccc7c7ccccc7c7ccccc7c7cccc5c76)ccc4)ccc3c3ccccc32)c1)C(C)(C)C.[Pt]. The van der Waals surface area contributed by atoms with Crippen LogP contribution >= 0.6 is 0 Å². The first-order valence-corrected chi connectivity index (χ1v) is 28.8. The molecule has 0 saturated heterocycles. The second kappa shape index (κ2) is 20.6. The summed E-state index contributed by atoms with van der Waals surface area (Å²) in [5.74, 6) is 1.66. The molecule has 1 aliphatic rings. The molecule has 0 amide bonds. The molecule has 0 unspecified atom stereocenters. The molecule has 9 aromatic carbocycles. The van der Waals surface area contributed by atoms with Crippen LogP contribution in [-0.4, -0.2) is 14.1 Å². The number of nitrogens with zero attached hydrogens (tertiary/aromatic N) is 4. The fourth-order valence-electron chi connectivity index (χ4n) is 12.0. The Morgan fingerprint density at radius 2 is 1.01 bits per heavy atom. The van der Waals surface area contributed by atoms with Gasteiger partial charge in [-0.25, -0.2) is 4.98 Å². The Morgan fingerprint density at radius 1 is 0.482 bits per heavy atom. The number of rotatable bonds is 7. The van der Waals surface area contributed by atoms with Gasteiger partial charge in [-0.2, -0.15) is 12.1 Å². The number of benzene rings is 9. The van der Waals surface area contributed by atoms with E-state index in [2.05, 4.69) is 241 Å². The molecule has 0 N–H and O–H groups in total. The normalized spacial score (nSPS) is 13.4. The van der Waals surface area contributed by atoms with Gasteiger partial charge in [0.2, 0.25) is 0 Å². The summed E-state index contributed by atoms with van der Waals surface area (Å²) in [6.45, 7) is 28.9. The fraction of sp³-hybridized carbons (Fsp3) is 0.221. The molecule has 0 saturated carbocycles. The number of hydrogen-bond acceptors (Lipinski definition) is 3. The summed E-state index contributed by atoms with van der Waals surface area (Å²) in [6, 6.07) is 75.1. The number of ether oxygens (including phenoxy) is 1. The van der Waals surface area contributed by atoms with Gasteiger partial charge < -0.3 is 18.8 Å². The molecule has 83 heavy (non-hydrogen) atoms. The van der Waals surface area contributed by atoms with Crippen LogP contribution in [-0.2, 0) is 43.7 Å². The van der Waals surface area contributed by atoms with Crippen LogP contribution in [0.15, 0.2) is 194 Å². The summed E-state index contributed by atoms with van der Waals surface area (Å²) in [6.07, 6.45) is 0.0940. The van der Waals surface area contributed by atoms with Crippen molar-refractivity contribution in [3.05, 3.63) is 235 Å². The minimum absolute atomic E-state index is 0. The zero-order valence-corrected chi connectivity index (χ0v) is 51.8. The van der Waals surface area contributed by atoms with E-state index < -0.39 is 11.8 Å². The Bertz CT molecular complexity index is 4680. The van der Waals surface area contributed by atoms with Gasteiger partial charge >= 0.3 is 0 Å². The summed E-state index contributed by atoms with van der Waals surface area (Å²) >= 11 is 0. The van der Waals surface area contributed by atoms with Gasteiger partial charge in [0.1, 0.15) is 5.82 Å². The molecule has 0 bridgehead atoms. The van der Waals surface area contributed by atoms with Gasteiger partial charge in [-0.05, 0) is 158 Å². The average molecular weight is 1270 g/mol. The predicted octanol–water partition coefficient (Wildman–Crippen LogP) is 21.0. The molecule has 0 atom stereocenters. The van der Waals surface area contributed by atoms with Crippen LogP contribution in [0.3, 0.4) is 0 Å². The molecular formula is C77H71N4OPt-3. The third-order valence-electron chi connectivity index (χ3n) is 16.1. The maximum Gasteiger partial charge on any atom is 0.135 e. The Hall–Kier alpha value is -8.11. The van der Waals surface area contributed by atoms with Crippen molar-refractivity contribution >= 4 is 76.5 Å². The number of pyridine rings is 1. The molecule has 0 aliphatic carbocycles. The van der Waals surface area contributed by atoms with Gasteiger partial charge in [0.25, 0.3) is 0 Å². The molecule has 4 heterocycles. The number of fused-ring (bicyclic) bond motifs is 10. The Labute approximate surface area is 507 Å². The third-order valence-corrected chi connectivity index (χ3v) is 16.1. The third kappa shape index (κ3) is 10.3. The zero-order valence-electron chi connectivity index (χ0n) is 51.6. The van der Waals surface area contributed by atoms with Crippen LogP contribution in [0.25, 0.3) is 93.2 Å². The van der Waals surface area contributed by atoms with Gasteiger partial charge in [-0.1, -0.05) is 222 Å². The van der Waals surface area contributed by atoms with Gasteiger partial charge in [0.15, 0.2) is 0 Å². The van der Waals surface area contributed by atoms with Crippen LogP contribution in [0.4, 0.5) is 11.4 Å². The van der Waals surface area contributed by atoms with Crippen LogP contribution in [0, 0.1) is 24.2 Å². The monoisotopic (exact) mass is 1260 g/mol. The van der Waals surface area contributed by atoms with Crippen LogP contribution < -0.4 is 9.64 Å². The van der Waals surface area contributed by atoms with Crippen molar-refractivity contribution in [3.63, 3.8) is 0 Å². The zero-order chi connectivity index (χ0) is 58.8. The van der Waals surface area contributed by atoms with E-state index in [1.807, 2.05) is 57.2 Å². The molecule has 3 aromatic heterocycles. The van der Waals surface area contributed by atoms with Gasteiger partial charge in [0.05, 0.1) is 0 Å². The second-order valence-electron chi connectivity index (χ2n) is 26.4. The van der Waals surface area contributed by atoms with Crippen molar-refractivity contribution in [2.75, 3.05) is 4.90 Å². The molecule has 6 heteroatoms. The quantitative estimate of drug-likeness (QED) is 0.149. The maximum absolute atomic E-state index is 9.13. The molecule has 0 radical (unpaired) electrons. The topological polar surface area (TPSA) is 35.2 Å². The van der Waals surface area contributed by atoms with Gasteiger partial charge in [0, 0.05) is 52.7 Å². The van der Waals surface area contributed by atoms with Crippen LogP contribution in [0.2, 0.25) is 0 Å². The second-order valence-corrected chi connectivity index (χ2v) is 26.4. The summed E-state index contributed by atoms with van der Waals surface area (Å²) in [5.41, 5.74) is 14.0. The maximum atomic E-state index is 9.13. The van der Waals surface area contributed by atoms with Crippen molar-refractivity contribution < 1.29 is 28.5 Å². The molecule has 0 spiro atoms. The minimum atomic E-state index is -1.61. The number of anilines is 2. The van der Waals surface area contributed by atoms with Crippen LogP contribution in [0.1, 0.15) is 108 Å². The molecule has 1 aliphatic heterocycles. The summed E-state index contributed by atoms with van der Waals surface area (Å²) in [5, 5.41) is 8.95. The van der Waals surface area contributed by atoms with Crippen molar-refractivity contribution in [2.24, 2.45) is 5.41 Å². The molecule has 418 valence electrons. The molecule has 13 rings (SSSR count). The summed E-state index contributed by atoms with van der Waals surface area (Å²) in [4.78, 5) is 7.09. The smallest absolute Gasteiger partial charge is 0.135 e. The van der Waals surface area contributed by atoms with E-state index >= 15 is 0 Å². The molecule has 0 fully saturated rings.